The number of hydrogen-bond acceptors (Lipinski definition) is 3. The van der Waals surface area contributed by atoms with Crippen LogP contribution in [0.5, 0.6) is 0 Å². The van der Waals surface area contributed by atoms with Gasteiger partial charge in [-0.25, -0.2) is 4.98 Å². The van der Waals surface area contributed by atoms with Gasteiger partial charge in [-0.05, 0) is 25.2 Å². The molecule has 13 heavy (non-hydrogen) atoms. The molecule has 1 aromatic rings. The number of hydrogen-bond donors (Lipinski definition) is 1. The Kier molecular flexibility index (Phi) is 2.92. The Bertz CT molecular complexity index is 229. The number of H-pyrrole nitrogens is 1. The monoisotopic (exact) mass is 181 g/mol. The smallest absolute Gasteiger partial charge is 0.137 e. The number of nitrogens with zero attached hydrogens (tertiary/aromatic N) is 2. The predicted molar refractivity (Wildman–Crippen MR) is 48.2 cm³/mol. The van der Waals surface area contributed by atoms with Crippen molar-refractivity contribution >= 4 is 0 Å². The van der Waals surface area contributed by atoms with Crippen LogP contribution in [0.2, 0.25) is 0 Å². The first kappa shape index (κ1) is 8.69. The number of ether oxygens (including phenoxy) is 1. The lowest BCUT2D eigenvalue weighted by Gasteiger charge is -2.21. The molecular weight excluding hydrogens is 166 g/mol. The summed E-state index contributed by atoms with van der Waals surface area (Å²) in [6.07, 6.45) is 6.20. The zero-order valence-electron chi connectivity index (χ0n) is 7.70. The van der Waals surface area contributed by atoms with Gasteiger partial charge in [0.25, 0.3) is 0 Å². The highest BCUT2D eigenvalue weighted by Crippen LogP contribution is 2.19. The molecule has 0 bridgehead atoms. The summed E-state index contributed by atoms with van der Waals surface area (Å²) in [5, 5.41) is 6.71. The molecule has 0 unspecified atom stereocenters. The van der Waals surface area contributed by atoms with Crippen LogP contribution in [0.15, 0.2) is 6.33 Å². The lowest BCUT2D eigenvalue weighted by atomic mass is 9.95. The standard InChI is InChI=1S/C9H15N3O/c1(2-9-10-7-11-12-9)8-3-5-13-6-4-8/h7-8H,1-6H2,(H,10,11,12). The van der Waals surface area contributed by atoms with Crippen LogP contribution < -0.4 is 0 Å². The first-order valence-electron chi connectivity index (χ1n) is 4.87. The second-order valence-electron chi connectivity index (χ2n) is 3.53. The fraction of sp³-hybridized carbons (Fsp3) is 0.778. The highest BCUT2D eigenvalue weighted by Gasteiger charge is 2.13. The molecule has 4 heteroatoms. The number of rotatable bonds is 3. The highest BCUT2D eigenvalue weighted by atomic mass is 16.5. The number of aromatic nitrogens is 3. The molecule has 1 aliphatic heterocycles. The van der Waals surface area contributed by atoms with Gasteiger partial charge in [-0.15, -0.1) is 0 Å². The lowest BCUT2D eigenvalue weighted by Crippen LogP contribution is -2.16. The molecule has 0 spiro atoms. The molecule has 2 heterocycles. The minimum Gasteiger partial charge on any atom is -0.381 e. The van der Waals surface area contributed by atoms with Gasteiger partial charge in [0, 0.05) is 19.6 Å². The van der Waals surface area contributed by atoms with Crippen LogP contribution in [0, 0.1) is 5.92 Å². The summed E-state index contributed by atoms with van der Waals surface area (Å²) in [6, 6.07) is 0. The summed E-state index contributed by atoms with van der Waals surface area (Å²) in [7, 11) is 0. The van der Waals surface area contributed by atoms with Crippen LogP contribution in [-0.4, -0.2) is 28.4 Å². The van der Waals surface area contributed by atoms with Crippen molar-refractivity contribution in [2.45, 2.75) is 25.7 Å². The topological polar surface area (TPSA) is 50.8 Å². The van der Waals surface area contributed by atoms with E-state index in [0.29, 0.717) is 0 Å². The van der Waals surface area contributed by atoms with Crippen LogP contribution >= 0.6 is 0 Å². The van der Waals surface area contributed by atoms with Gasteiger partial charge < -0.3 is 4.74 Å². The van der Waals surface area contributed by atoms with Gasteiger partial charge in [0.05, 0.1) is 0 Å². The average Bonchev–Trinajstić information content (AvgIpc) is 2.69. The molecule has 0 aliphatic carbocycles. The van der Waals surface area contributed by atoms with Gasteiger partial charge in [0.2, 0.25) is 0 Å². The van der Waals surface area contributed by atoms with Crippen LogP contribution in [0.25, 0.3) is 0 Å². The molecule has 0 radical (unpaired) electrons. The summed E-state index contributed by atoms with van der Waals surface area (Å²) in [6.45, 7) is 1.86. The van der Waals surface area contributed by atoms with Crippen molar-refractivity contribution in [1.29, 1.82) is 0 Å². The molecule has 0 amide bonds. The molecule has 0 atom stereocenters. The summed E-state index contributed by atoms with van der Waals surface area (Å²) < 4.78 is 5.30. The van der Waals surface area contributed by atoms with Crippen LogP contribution in [0.3, 0.4) is 0 Å². The van der Waals surface area contributed by atoms with Crippen LogP contribution in [-0.2, 0) is 11.2 Å². The van der Waals surface area contributed by atoms with E-state index in [1.807, 2.05) is 0 Å². The third-order valence-corrected chi connectivity index (χ3v) is 2.60. The maximum absolute atomic E-state index is 5.30. The zero-order valence-corrected chi connectivity index (χ0v) is 7.70. The van der Waals surface area contributed by atoms with Gasteiger partial charge in [-0.3, -0.25) is 5.10 Å². The lowest BCUT2D eigenvalue weighted by molar-refractivity contribution is 0.0639. The Labute approximate surface area is 77.7 Å². The Morgan fingerprint density at radius 2 is 2.31 bits per heavy atom. The van der Waals surface area contributed by atoms with E-state index < -0.39 is 0 Å². The maximum Gasteiger partial charge on any atom is 0.137 e. The number of aryl methyl sites for hydroxylation is 1. The number of nitrogens with one attached hydrogen (secondary N) is 1. The van der Waals surface area contributed by atoms with E-state index in [-0.39, 0.29) is 0 Å². The van der Waals surface area contributed by atoms with Gasteiger partial charge in [0.15, 0.2) is 0 Å². The first-order chi connectivity index (χ1) is 6.45. The maximum atomic E-state index is 5.30. The fourth-order valence-electron chi connectivity index (χ4n) is 1.73. The summed E-state index contributed by atoms with van der Waals surface area (Å²) in [5.74, 6) is 1.82. The molecule has 1 aromatic heterocycles. The Morgan fingerprint density at radius 1 is 1.46 bits per heavy atom. The van der Waals surface area contributed by atoms with E-state index in [0.717, 1.165) is 31.4 Å². The van der Waals surface area contributed by atoms with E-state index in [4.69, 9.17) is 4.74 Å². The van der Waals surface area contributed by atoms with Crippen molar-refractivity contribution < 1.29 is 4.74 Å². The predicted octanol–water partition coefficient (Wildman–Crippen LogP) is 1.16. The Balaban J connectivity index is 1.72. The van der Waals surface area contributed by atoms with Crippen molar-refractivity contribution in [2.24, 2.45) is 5.92 Å². The molecular formula is C9H15N3O. The third kappa shape index (κ3) is 2.52. The molecule has 2 rings (SSSR count). The summed E-state index contributed by atoms with van der Waals surface area (Å²) >= 11 is 0. The minimum absolute atomic E-state index is 0.818. The largest absolute Gasteiger partial charge is 0.381 e. The Hall–Kier alpha value is -0.900. The van der Waals surface area contributed by atoms with E-state index in [9.17, 15) is 0 Å². The van der Waals surface area contributed by atoms with Crippen molar-refractivity contribution in [2.75, 3.05) is 13.2 Å². The molecule has 4 nitrogen and oxygen atoms in total. The molecule has 1 fully saturated rings. The molecule has 1 saturated heterocycles. The Morgan fingerprint density at radius 3 is 3.00 bits per heavy atom. The molecule has 72 valence electrons. The number of aromatic amines is 1. The molecule has 1 aliphatic rings. The van der Waals surface area contributed by atoms with Gasteiger partial charge >= 0.3 is 0 Å². The second kappa shape index (κ2) is 4.37. The fourth-order valence-corrected chi connectivity index (χ4v) is 1.73. The minimum atomic E-state index is 0.818. The van der Waals surface area contributed by atoms with E-state index in [2.05, 4.69) is 15.2 Å². The zero-order chi connectivity index (χ0) is 8.93. The van der Waals surface area contributed by atoms with Crippen molar-refractivity contribution in [3.05, 3.63) is 12.2 Å². The van der Waals surface area contributed by atoms with E-state index in [1.165, 1.54) is 19.3 Å². The van der Waals surface area contributed by atoms with Gasteiger partial charge in [-0.2, -0.15) is 5.10 Å². The average molecular weight is 181 g/mol. The van der Waals surface area contributed by atoms with Gasteiger partial charge in [0.1, 0.15) is 12.2 Å². The van der Waals surface area contributed by atoms with Gasteiger partial charge in [-0.1, -0.05) is 0 Å². The van der Waals surface area contributed by atoms with E-state index >= 15 is 0 Å². The molecule has 1 N–H and O–H groups in total. The van der Waals surface area contributed by atoms with Crippen LogP contribution in [0.4, 0.5) is 0 Å². The van der Waals surface area contributed by atoms with Crippen molar-refractivity contribution in [1.82, 2.24) is 15.2 Å². The van der Waals surface area contributed by atoms with Crippen molar-refractivity contribution in [3.8, 4) is 0 Å². The van der Waals surface area contributed by atoms with Crippen LogP contribution in [0.1, 0.15) is 25.1 Å². The summed E-state index contributed by atoms with van der Waals surface area (Å²) in [5.41, 5.74) is 0. The molecule has 0 saturated carbocycles. The first-order valence-corrected chi connectivity index (χ1v) is 4.87. The summed E-state index contributed by atoms with van der Waals surface area (Å²) in [4.78, 5) is 4.10. The van der Waals surface area contributed by atoms with E-state index in [1.54, 1.807) is 6.33 Å². The third-order valence-electron chi connectivity index (χ3n) is 2.60. The second-order valence-corrected chi connectivity index (χ2v) is 3.53. The normalized spacial score (nSPS) is 19.1. The van der Waals surface area contributed by atoms with Crippen molar-refractivity contribution in [3.63, 3.8) is 0 Å². The quantitative estimate of drug-likeness (QED) is 0.761. The SMILES string of the molecule is c1n[nH]c(CCC2CCOCC2)n1. The molecule has 0 aromatic carbocycles. The highest BCUT2D eigenvalue weighted by molar-refractivity contribution is 4.81.